The molecule has 3 N–H and O–H groups in total. The third-order valence-electron chi connectivity index (χ3n) is 1.44. The van der Waals surface area contributed by atoms with Crippen LogP contribution in [0.5, 0.6) is 0 Å². The highest BCUT2D eigenvalue weighted by Gasteiger charge is 2.06. The van der Waals surface area contributed by atoms with Gasteiger partial charge in [-0.2, -0.15) is 0 Å². The largest absolute Gasteiger partial charge is 0.475 e. The Morgan fingerprint density at radius 3 is 2.71 bits per heavy atom. The number of rotatable bonds is 4. The zero-order valence-electron chi connectivity index (χ0n) is 7.27. The molecule has 1 rings (SSSR count). The summed E-state index contributed by atoms with van der Waals surface area (Å²) in [5, 5.41) is 8.52. The van der Waals surface area contributed by atoms with Gasteiger partial charge < -0.3 is 15.3 Å². The lowest BCUT2D eigenvalue weighted by Crippen LogP contribution is -2.07. The van der Waals surface area contributed by atoms with Crippen molar-refractivity contribution in [3.63, 3.8) is 0 Å². The van der Waals surface area contributed by atoms with Crippen molar-refractivity contribution >= 4 is 18.0 Å². The minimum Gasteiger partial charge on any atom is -0.475 e. The van der Waals surface area contributed by atoms with E-state index in [-0.39, 0.29) is 12.2 Å². The second-order valence-electron chi connectivity index (χ2n) is 2.58. The van der Waals surface area contributed by atoms with Gasteiger partial charge in [0.2, 0.25) is 11.7 Å². The first-order valence-electron chi connectivity index (χ1n) is 3.87. The second kappa shape index (κ2) is 4.27. The Labute approximate surface area is 79.8 Å². The number of nitrogens with two attached hydrogens (primary N) is 1. The minimum atomic E-state index is -1.13. The standard InChI is InChI=1S/C9H9NO4/c10-8(11)3-1-2-6-4-5-7(14-6)9(12)13/h1-2,4-5H,3H2,(H2,10,11)(H,12,13). The van der Waals surface area contributed by atoms with E-state index in [9.17, 15) is 9.59 Å². The number of carbonyl (C=O) groups is 2. The first-order chi connectivity index (χ1) is 6.59. The molecule has 0 spiro atoms. The van der Waals surface area contributed by atoms with Crippen LogP contribution in [-0.4, -0.2) is 17.0 Å². The molecule has 74 valence electrons. The van der Waals surface area contributed by atoms with E-state index in [0.29, 0.717) is 5.76 Å². The lowest BCUT2D eigenvalue weighted by atomic mass is 10.3. The molecular formula is C9H9NO4. The first kappa shape index (κ1) is 10.0. The van der Waals surface area contributed by atoms with Gasteiger partial charge in [-0.05, 0) is 18.2 Å². The van der Waals surface area contributed by atoms with Crippen LogP contribution in [0.2, 0.25) is 0 Å². The Morgan fingerprint density at radius 1 is 1.50 bits per heavy atom. The maximum Gasteiger partial charge on any atom is 0.371 e. The van der Waals surface area contributed by atoms with E-state index in [0.717, 1.165) is 0 Å². The summed E-state index contributed by atoms with van der Waals surface area (Å²) in [5.74, 6) is -1.34. The zero-order chi connectivity index (χ0) is 10.6. The van der Waals surface area contributed by atoms with Gasteiger partial charge in [0.25, 0.3) is 0 Å². The third kappa shape index (κ3) is 2.78. The average molecular weight is 195 g/mol. The van der Waals surface area contributed by atoms with Gasteiger partial charge in [0.05, 0.1) is 0 Å². The van der Waals surface area contributed by atoms with E-state index in [2.05, 4.69) is 0 Å². The van der Waals surface area contributed by atoms with Crippen LogP contribution in [0.4, 0.5) is 0 Å². The quantitative estimate of drug-likeness (QED) is 0.745. The number of furan rings is 1. The molecule has 0 aliphatic heterocycles. The fourth-order valence-corrected chi connectivity index (χ4v) is 0.849. The van der Waals surface area contributed by atoms with Crippen LogP contribution >= 0.6 is 0 Å². The molecule has 0 radical (unpaired) electrons. The van der Waals surface area contributed by atoms with E-state index in [4.69, 9.17) is 15.3 Å². The maximum absolute atomic E-state index is 10.4. The summed E-state index contributed by atoms with van der Waals surface area (Å²) in [5.41, 5.74) is 4.90. The summed E-state index contributed by atoms with van der Waals surface area (Å²) in [6.45, 7) is 0. The van der Waals surface area contributed by atoms with Crippen molar-refractivity contribution in [2.45, 2.75) is 6.42 Å². The van der Waals surface area contributed by atoms with Gasteiger partial charge in [-0.15, -0.1) is 0 Å². The molecule has 1 aromatic heterocycles. The molecule has 0 aliphatic carbocycles. The summed E-state index contributed by atoms with van der Waals surface area (Å²) in [7, 11) is 0. The second-order valence-corrected chi connectivity index (χ2v) is 2.58. The lowest BCUT2D eigenvalue weighted by Gasteiger charge is -1.86. The van der Waals surface area contributed by atoms with Gasteiger partial charge in [-0.25, -0.2) is 4.79 Å². The fourth-order valence-electron chi connectivity index (χ4n) is 0.849. The maximum atomic E-state index is 10.4. The highest BCUT2D eigenvalue weighted by atomic mass is 16.4. The molecule has 0 unspecified atom stereocenters. The minimum absolute atomic E-state index is 0.100. The number of amides is 1. The van der Waals surface area contributed by atoms with Crippen molar-refractivity contribution in [1.29, 1.82) is 0 Å². The van der Waals surface area contributed by atoms with Crippen LogP contribution in [-0.2, 0) is 4.79 Å². The van der Waals surface area contributed by atoms with Crippen LogP contribution < -0.4 is 5.73 Å². The highest BCUT2D eigenvalue weighted by molar-refractivity contribution is 5.84. The average Bonchev–Trinajstić information content (AvgIpc) is 2.52. The van der Waals surface area contributed by atoms with Gasteiger partial charge in [-0.1, -0.05) is 6.08 Å². The smallest absolute Gasteiger partial charge is 0.371 e. The van der Waals surface area contributed by atoms with E-state index in [1.165, 1.54) is 24.3 Å². The molecule has 1 amide bonds. The van der Waals surface area contributed by atoms with Crippen molar-refractivity contribution in [3.05, 3.63) is 29.7 Å². The number of primary amides is 1. The Morgan fingerprint density at radius 2 is 2.21 bits per heavy atom. The lowest BCUT2D eigenvalue weighted by molar-refractivity contribution is -0.117. The molecule has 0 fully saturated rings. The highest BCUT2D eigenvalue weighted by Crippen LogP contribution is 2.09. The summed E-state index contributed by atoms with van der Waals surface area (Å²) in [6, 6.07) is 2.84. The van der Waals surface area contributed by atoms with Crippen molar-refractivity contribution < 1.29 is 19.1 Å². The van der Waals surface area contributed by atoms with E-state index < -0.39 is 11.9 Å². The number of carboxylic acid groups (broad SMARTS) is 1. The van der Waals surface area contributed by atoms with Crippen LogP contribution in [0.1, 0.15) is 22.7 Å². The summed E-state index contributed by atoms with van der Waals surface area (Å²) < 4.78 is 4.89. The van der Waals surface area contributed by atoms with Crippen LogP contribution in [0.3, 0.4) is 0 Å². The Bertz CT molecular complexity index is 378. The zero-order valence-corrected chi connectivity index (χ0v) is 7.27. The molecule has 0 atom stereocenters. The summed E-state index contributed by atoms with van der Waals surface area (Å²) >= 11 is 0. The fraction of sp³-hybridized carbons (Fsp3) is 0.111. The number of hydrogen-bond acceptors (Lipinski definition) is 3. The first-order valence-corrected chi connectivity index (χ1v) is 3.87. The summed E-state index contributed by atoms with van der Waals surface area (Å²) in [6.07, 6.45) is 3.10. The molecule has 0 saturated heterocycles. The molecule has 1 heterocycles. The molecule has 5 heteroatoms. The monoisotopic (exact) mass is 195 g/mol. The predicted octanol–water partition coefficient (Wildman–Crippen LogP) is 0.866. The normalized spacial score (nSPS) is 10.6. The topological polar surface area (TPSA) is 93.5 Å². The van der Waals surface area contributed by atoms with E-state index >= 15 is 0 Å². The summed E-state index contributed by atoms with van der Waals surface area (Å²) in [4.78, 5) is 20.8. The van der Waals surface area contributed by atoms with Gasteiger partial charge in [0.1, 0.15) is 5.76 Å². The molecular weight excluding hydrogens is 186 g/mol. The van der Waals surface area contributed by atoms with Crippen LogP contribution in [0, 0.1) is 0 Å². The van der Waals surface area contributed by atoms with Gasteiger partial charge in [-0.3, -0.25) is 4.79 Å². The van der Waals surface area contributed by atoms with Crippen molar-refractivity contribution in [2.75, 3.05) is 0 Å². The molecule has 0 saturated carbocycles. The predicted molar refractivity (Wildman–Crippen MR) is 48.5 cm³/mol. The van der Waals surface area contributed by atoms with E-state index in [1.807, 2.05) is 0 Å². The van der Waals surface area contributed by atoms with Crippen molar-refractivity contribution in [1.82, 2.24) is 0 Å². The number of aromatic carboxylic acids is 1. The number of carboxylic acids is 1. The molecule has 14 heavy (non-hydrogen) atoms. The van der Waals surface area contributed by atoms with Gasteiger partial charge >= 0.3 is 5.97 Å². The van der Waals surface area contributed by atoms with E-state index in [1.54, 1.807) is 0 Å². The van der Waals surface area contributed by atoms with Gasteiger partial charge in [0, 0.05) is 6.42 Å². The number of hydrogen-bond donors (Lipinski definition) is 2. The molecule has 0 aliphatic rings. The Kier molecular flexibility index (Phi) is 3.06. The Balaban J connectivity index is 2.64. The van der Waals surface area contributed by atoms with Crippen molar-refractivity contribution in [2.24, 2.45) is 5.73 Å². The Hall–Kier alpha value is -2.04. The van der Waals surface area contributed by atoms with Crippen LogP contribution in [0.15, 0.2) is 22.6 Å². The molecule has 0 bridgehead atoms. The van der Waals surface area contributed by atoms with Crippen molar-refractivity contribution in [3.8, 4) is 0 Å². The van der Waals surface area contributed by atoms with Gasteiger partial charge in [0.15, 0.2) is 0 Å². The third-order valence-corrected chi connectivity index (χ3v) is 1.44. The number of carbonyl (C=O) groups excluding carboxylic acids is 1. The molecule has 1 aromatic rings. The molecule has 0 aromatic carbocycles. The molecule has 5 nitrogen and oxygen atoms in total. The van der Waals surface area contributed by atoms with Crippen LogP contribution in [0.25, 0.3) is 6.08 Å². The SMILES string of the molecule is NC(=O)CC=Cc1ccc(C(=O)O)o1.